The zero-order chi connectivity index (χ0) is 15.1. The molecule has 2 rings (SSSR count). The lowest BCUT2D eigenvalue weighted by molar-refractivity contribution is -0.116. The molecular weight excluding hydrogens is 262 g/mol. The van der Waals surface area contributed by atoms with Crippen molar-refractivity contribution in [2.45, 2.75) is 5.92 Å². The molecule has 4 heteroatoms. The third-order valence-corrected chi connectivity index (χ3v) is 3.21. The van der Waals surface area contributed by atoms with E-state index < -0.39 is 5.92 Å². The fourth-order valence-electron chi connectivity index (χ4n) is 2.20. The second-order valence-electron chi connectivity index (χ2n) is 4.56. The van der Waals surface area contributed by atoms with E-state index >= 15 is 0 Å². The van der Waals surface area contributed by atoms with Crippen LogP contribution in [-0.4, -0.2) is 25.8 Å². The molecule has 0 bridgehead atoms. The van der Waals surface area contributed by atoms with Crippen LogP contribution in [-0.2, 0) is 4.79 Å². The van der Waals surface area contributed by atoms with Gasteiger partial charge in [-0.05, 0) is 17.7 Å². The number of carbonyl (C=O) groups excluding carboxylic acids is 1. The van der Waals surface area contributed by atoms with E-state index in [0.29, 0.717) is 5.84 Å². The van der Waals surface area contributed by atoms with Crippen molar-refractivity contribution in [1.29, 1.82) is 0 Å². The van der Waals surface area contributed by atoms with Gasteiger partial charge in [0.2, 0.25) is 5.91 Å². The van der Waals surface area contributed by atoms with Crippen LogP contribution in [0.3, 0.4) is 0 Å². The maximum atomic E-state index is 12.6. The summed E-state index contributed by atoms with van der Waals surface area (Å²) in [6, 6.07) is 19.0. The second kappa shape index (κ2) is 7.24. The molecule has 0 heterocycles. The molecular formula is C17H19N3O. The summed E-state index contributed by atoms with van der Waals surface area (Å²) in [4.78, 5) is 16.8. The number of nitrogens with one attached hydrogen (secondary N) is 2. The van der Waals surface area contributed by atoms with Crippen LogP contribution in [0.2, 0.25) is 0 Å². The number of aliphatic imine (C=N–C) groups is 1. The SMILES string of the molecule is CN=C(NC)C(C(=O)Nc1ccccc1)c1ccccc1. The molecule has 0 aliphatic carbocycles. The Labute approximate surface area is 124 Å². The summed E-state index contributed by atoms with van der Waals surface area (Å²) in [5, 5.41) is 5.94. The molecule has 108 valence electrons. The third-order valence-electron chi connectivity index (χ3n) is 3.21. The fraction of sp³-hybridized carbons (Fsp3) is 0.176. The number of likely N-dealkylation sites (N-methyl/N-ethyl adjacent to an activating group) is 1. The number of nitrogens with zero attached hydrogens (tertiary/aromatic N) is 1. The monoisotopic (exact) mass is 281 g/mol. The minimum atomic E-state index is -0.457. The van der Waals surface area contributed by atoms with Crippen LogP contribution >= 0.6 is 0 Å². The van der Waals surface area contributed by atoms with E-state index in [4.69, 9.17) is 0 Å². The largest absolute Gasteiger partial charge is 0.376 e. The molecule has 0 aliphatic rings. The van der Waals surface area contributed by atoms with E-state index in [-0.39, 0.29) is 5.91 Å². The van der Waals surface area contributed by atoms with Gasteiger partial charge in [0.25, 0.3) is 0 Å². The van der Waals surface area contributed by atoms with Crippen molar-refractivity contribution in [1.82, 2.24) is 5.32 Å². The van der Waals surface area contributed by atoms with Gasteiger partial charge in [-0.25, -0.2) is 0 Å². The summed E-state index contributed by atoms with van der Waals surface area (Å²) in [6.45, 7) is 0. The number of carbonyl (C=O) groups is 1. The number of amidine groups is 1. The van der Waals surface area contributed by atoms with Crippen LogP contribution in [0.5, 0.6) is 0 Å². The minimum Gasteiger partial charge on any atom is -0.376 e. The second-order valence-corrected chi connectivity index (χ2v) is 4.56. The van der Waals surface area contributed by atoms with Gasteiger partial charge in [-0.2, -0.15) is 0 Å². The van der Waals surface area contributed by atoms with Crippen molar-refractivity contribution in [2.24, 2.45) is 4.99 Å². The Morgan fingerprint density at radius 1 is 1.00 bits per heavy atom. The quantitative estimate of drug-likeness (QED) is 0.668. The fourth-order valence-corrected chi connectivity index (χ4v) is 2.20. The molecule has 2 aromatic rings. The number of amides is 1. The van der Waals surface area contributed by atoms with Gasteiger partial charge in [0.1, 0.15) is 11.8 Å². The first kappa shape index (κ1) is 14.8. The molecule has 2 aromatic carbocycles. The Bertz CT molecular complexity index is 608. The molecule has 2 N–H and O–H groups in total. The van der Waals surface area contributed by atoms with Crippen molar-refractivity contribution in [3.63, 3.8) is 0 Å². The molecule has 0 saturated carbocycles. The lowest BCUT2D eigenvalue weighted by atomic mass is 9.96. The van der Waals surface area contributed by atoms with E-state index in [1.54, 1.807) is 14.1 Å². The van der Waals surface area contributed by atoms with Crippen molar-refractivity contribution >= 4 is 17.4 Å². The van der Waals surface area contributed by atoms with E-state index in [1.165, 1.54) is 0 Å². The van der Waals surface area contributed by atoms with Crippen LogP contribution in [0.25, 0.3) is 0 Å². The first-order valence-electron chi connectivity index (χ1n) is 6.81. The van der Waals surface area contributed by atoms with Gasteiger partial charge < -0.3 is 10.6 Å². The molecule has 1 amide bonds. The summed E-state index contributed by atoms with van der Waals surface area (Å²) in [5.74, 6) is 0.0680. The van der Waals surface area contributed by atoms with Gasteiger partial charge in [-0.1, -0.05) is 48.5 Å². The Hall–Kier alpha value is -2.62. The van der Waals surface area contributed by atoms with Gasteiger partial charge in [0, 0.05) is 19.8 Å². The molecule has 0 radical (unpaired) electrons. The van der Waals surface area contributed by atoms with E-state index in [2.05, 4.69) is 15.6 Å². The zero-order valence-electron chi connectivity index (χ0n) is 12.2. The lowest BCUT2D eigenvalue weighted by Crippen LogP contribution is -2.35. The highest BCUT2D eigenvalue weighted by Crippen LogP contribution is 2.19. The van der Waals surface area contributed by atoms with Crippen molar-refractivity contribution in [3.05, 3.63) is 66.2 Å². The number of rotatable bonds is 4. The number of anilines is 1. The zero-order valence-corrected chi connectivity index (χ0v) is 12.2. The molecule has 0 fully saturated rings. The highest BCUT2D eigenvalue weighted by atomic mass is 16.1. The highest BCUT2D eigenvalue weighted by Gasteiger charge is 2.25. The van der Waals surface area contributed by atoms with Crippen molar-refractivity contribution < 1.29 is 4.79 Å². The Kier molecular flexibility index (Phi) is 5.10. The third kappa shape index (κ3) is 3.69. The number of hydrogen-bond donors (Lipinski definition) is 2. The smallest absolute Gasteiger partial charge is 0.239 e. The molecule has 4 nitrogen and oxygen atoms in total. The topological polar surface area (TPSA) is 53.5 Å². The van der Waals surface area contributed by atoms with Gasteiger partial charge >= 0.3 is 0 Å². The maximum Gasteiger partial charge on any atom is 0.239 e. The molecule has 0 aromatic heterocycles. The van der Waals surface area contributed by atoms with Gasteiger partial charge in [-0.15, -0.1) is 0 Å². The van der Waals surface area contributed by atoms with Crippen LogP contribution in [0, 0.1) is 0 Å². The molecule has 0 saturated heterocycles. The average molecular weight is 281 g/mol. The van der Waals surface area contributed by atoms with Crippen LogP contribution in [0.15, 0.2) is 65.7 Å². The molecule has 0 spiro atoms. The first-order valence-corrected chi connectivity index (χ1v) is 6.81. The Morgan fingerprint density at radius 2 is 1.57 bits per heavy atom. The predicted octanol–water partition coefficient (Wildman–Crippen LogP) is 2.66. The summed E-state index contributed by atoms with van der Waals surface area (Å²) >= 11 is 0. The van der Waals surface area contributed by atoms with Crippen molar-refractivity contribution in [2.75, 3.05) is 19.4 Å². The Morgan fingerprint density at radius 3 is 2.10 bits per heavy atom. The van der Waals surface area contributed by atoms with Crippen LogP contribution in [0.1, 0.15) is 11.5 Å². The lowest BCUT2D eigenvalue weighted by Gasteiger charge is -2.19. The number of hydrogen-bond acceptors (Lipinski definition) is 2. The van der Waals surface area contributed by atoms with Crippen LogP contribution in [0.4, 0.5) is 5.69 Å². The van der Waals surface area contributed by atoms with Crippen molar-refractivity contribution in [3.8, 4) is 0 Å². The maximum absolute atomic E-state index is 12.6. The number of para-hydroxylation sites is 1. The minimum absolute atomic E-state index is 0.109. The van der Waals surface area contributed by atoms with E-state index in [9.17, 15) is 4.79 Å². The first-order chi connectivity index (χ1) is 10.3. The summed E-state index contributed by atoms with van der Waals surface area (Å²) in [7, 11) is 3.45. The highest BCUT2D eigenvalue weighted by molar-refractivity contribution is 6.12. The summed E-state index contributed by atoms with van der Waals surface area (Å²) in [5.41, 5.74) is 1.68. The molecule has 1 atom stereocenters. The predicted molar refractivity (Wildman–Crippen MR) is 86.7 cm³/mol. The van der Waals surface area contributed by atoms with E-state index in [0.717, 1.165) is 11.3 Å². The molecule has 0 aliphatic heterocycles. The van der Waals surface area contributed by atoms with E-state index in [1.807, 2.05) is 60.7 Å². The van der Waals surface area contributed by atoms with Gasteiger partial charge in [-0.3, -0.25) is 9.79 Å². The standard InChI is InChI=1S/C17H19N3O/c1-18-16(19-2)15(13-9-5-3-6-10-13)17(21)20-14-11-7-4-8-12-14/h3-12,15H,1-2H3,(H,18,19)(H,20,21). The normalized spacial score (nSPS) is 12.6. The Balaban J connectivity index is 2.29. The summed E-state index contributed by atoms with van der Waals surface area (Å²) < 4.78 is 0. The van der Waals surface area contributed by atoms with Crippen LogP contribution < -0.4 is 10.6 Å². The van der Waals surface area contributed by atoms with Gasteiger partial charge in [0.05, 0.1) is 0 Å². The summed E-state index contributed by atoms with van der Waals surface area (Å²) in [6.07, 6.45) is 0. The van der Waals surface area contributed by atoms with Gasteiger partial charge in [0.15, 0.2) is 0 Å². The average Bonchev–Trinajstić information content (AvgIpc) is 2.54. The molecule has 1 unspecified atom stereocenters. The molecule has 21 heavy (non-hydrogen) atoms. The number of benzene rings is 2.